The first-order valence-corrected chi connectivity index (χ1v) is 11.3. The summed E-state index contributed by atoms with van der Waals surface area (Å²) in [6.45, 7) is 1.68. The smallest absolute Gasteiger partial charge is 0.333 e. The van der Waals surface area contributed by atoms with Gasteiger partial charge in [0.1, 0.15) is 18.3 Å². The van der Waals surface area contributed by atoms with Crippen molar-refractivity contribution < 1.29 is 23.5 Å². The van der Waals surface area contributed by atoms with E-state index in [4.69, 9.17) is 20.8 Å². The quantitative estimate of drug-likeness (QED) is 0.470. The minimum absolute atomic E-state index is 0.152. The lowest BCUT2D eigenvalue weighted by atomic mass is 10.0. The van der Waals surface area contributed by atoms with Crippen molar-refractivity contribution in [3.05, 3.63) is 70.1 Å². The van der Waals surface area contributed by atoms with Gasteiger partial charge >= 0.3 is 5.97 Å². The minimum Gasteiger partial charge on any atom is -0.467 e. The molecule has 2 aliphatic heterocycles. The van der Waals surface area contributed by atoms with E-state index in [-0.39, 0.29) is 30.7 Å². The number of thioether (sulfide) groups is 1. The van der Waals surface area contributed by atoms with Crippen molar-refractivity contribution in [2.75, 3.05) is 18.9 Å². The number of hydrazone groups is 1. The van der Waals surface area contributed by atoms with Crippen molar-refractivity contribution in [3.8, 4) is 0 Å². The Hall–Kier alpha value is -3.04. The Balaban J connectivity index is 1.58. The van der Waals surface area contributed by atoms with E-state index in [1.807, 2.05) is 12.1 Å². The van der Waals surface area contributed by atoms with Crippen molar-refractivity contribution in [1.29, 1.82) is 0 Å². The summed E-state index contributed by atoms with van der Waals surface area (Å²) < 4.78 is 10.5. The van der Waals surface area contributed by atoms with Crippen LogP contribution in [0.25, 0.3) is 0 Å². The fourth-order valence-electron chi connectivity index (χ4n) is 3.45. The van der Waals surface area contributed by atoms with Crippen molar-refractivity contribution in [1.82, 2.24) is 9.91 Å². The van der Waals surface area contributed by atoms with Crippen LogP contribution in [-0.4, -0.2) is 52.3 Å². The molecule has 1 unspecified atom stereocenters. The van der Waals surface area contributed by atoms with Gasteiger partial charge in [0.15, 0.2) is 0 Å². The maximum atomic E-state index is 13.3. The Kier molecular flexibility index (Phi) is 6.66. The second-order valence-corrected chi connectivity index (χ2v) is 8.46. The third kappa shape index (κ3) is 4.73. The molecule has 1 aromatic carbocycles. The first kappa shape index (κ1) is 22.2. The number of esters is 1. The summed E-state index contributed by atoms with van der Waals surface area (Å²) in [6, 6.07) is 10.3. The van der Waals surface area contributed by atoms with E-state index in [9.17, 15) is 14.4 Å². The van der Waals surface area contributed by atoms with Crippen LogP contribution in [0.4, 0.5) is 0 Å². The Morgan fingerprint density at radius 3 is 2.78 bits per heavy atom. The van der Waals surface area contributed by atoms with Gasteiger partial charge in [-0.25, -0.2) is 9.80 Å². The summed E-state index contributed by atoms with van der Waals surface area (Å²) in [6.07, 6.45) is 3.23. The number of benzene rings is 1. The van der Waals surface area contributed by atoms with E-state index in [0.717, 1.165) is 5.56 Å². The summed E-state index contributed by atoms with van der Waals surface area (Å²) in [7, 11) is 0. The Morgan fingerprint density at radius 2 is 2.09 bits per heavy atom. The highest BCUT2D eigenvalue weighted by atomic mass is 35.5. The number of nitrogens with zero attached hydrogens (tertiary/aromatic N) is 3. The molecule has 1 fully saturated rings. The lowest BCUT2D eigenvalue weighted by molar-refractivity contribution is -0.139. The predicted octanol–water partition coefficient (Wildman–Crippen LogP) is 3.59. The minimum atomic E-state index is -0.556. The summed E-state index contributed by atoms with van der Waals surface area (Å²) in [4.78, 5) is 38.8. The number of hydrogen-bond donors (Lipinski definition) is 0. The molecule has 8 nitrogen and oxygen atoms in total. The molecule has 10 heteroatoms. The summed E-state index contributed by atoms with van der Waals surface area (Å²) in [5, 5.41) is 6.89. The van der Waals surface area contributed by atoms with Gasteiger partial charge in [0, 0.05) is 11.4 Å². The fourth-order valence-corrected chi connectivity index (χ4v) is 4.51. The van der Waals surface area contributed by atoms with Crippen LogP contribution >= 0.6 is 23.4 Å². The van der Waals surface area contributed by atoms with Gasteiger partial charge in [0.2, 0.25) is 5.91 Å². The number of ether oxygens (including phenoxy) is 1. The molecule has 1 aromatic heterocycles. The van der Waals surface area contributed by atoms with Crippen molar-refractivity contribution in [2.45, 2.75) is 19.4 Å². The zero-order valence-corrected chi connectivity index (χ0v) is 18.8. The monoisotopic (exact) mass is 473 g/mol. The van der Waals surface area contributed by atoms with Crippen molar-refractivity contribution in [2.24, 2.45) is 5.10 Å². The summed E-state index contributed by atoms with van der Waals surface area (Å²) in [5.74, 6) is -0.454. The van der Waals surface area contributed by atoms with Crippen LogP contribution in [0.2, 0.25) is 5.02 Å². The molecule has 166 valence electrons. The van der Waals surface area contributed by atoms with Crippen molar-refractivity contribution in [3.63, 3.8) is 0 Å². The predicted molar refractivity (Wildman–Crippen MR) is 120 cm³/mol. The van der Waals surface area contributed by atoms with E-state index in [1.54, 1.807) is 37.5 Å². The van der Waals surface area contributed by atoms with Gasteiger partial charge < -0.3 is 9.15 Å². The largest absolute Gasteiger partial charge is 0.467 e. The second kappa shape index (κ2) is 9.62. The molecule has 32 heavy (non-hydrogen) atoms. The van der Waals surface area contributed by atoms with Gasteiger partial charge in [0.05, 0.1) is 35.4 Å². The molecular formula is C22H20ClN3O5S. The standard InChI is InChI=1S/C22H20ClN3O5S/c1-2-30-22(29)11-21-25(20(28)13-32-21)12-19(27)26-17(18-4-3-9-31-18)10-16(24-26)14-5-7-15(23)8-6-14/h3-9,11,17H,2,10,12-13H2,1H3/b21-11-. The van der Waals surface area contributed by atoms with Gasteiger partial charge in [0.25, 0.3) is 5.91 Å². The molecule has 2 aromatic rings. The molecule has 0 N–H and O–H groups in total. The topological polar surface area (TPSA) is 92.4 Å². The number of amides is 2. The number of halogens is 1. The first-order valence-electron chi connectivity index (χ1n) is 9.96. The second-order valence-electron chi connectivity index (χ2n) is 7.03. The van der Waals surface area contributed by atoms with E-state index >= 15 is 0 Å². The maximum absolute atomic E-state index is 13.3. The molecule has 0 bridgehead atoms. The van der Waals surface area contributed by atoms with Crippen LogP contribution in [-0.2, 0) is 19.1 Å². The van der Waals surface area contributed by atoms with Gasteiger partial charge in [-0.1, -0.05) is 35.5 Å². The third-order valence-electron chi connectivity index (χ3n) is 4.95. The van der Waals surface area contributed by atoms with Gasteiger partial charge in [-0.2, -0.15) is 5.10 Å². The average molecular weight is 474 g/mol. The van der Waals surface area contributed by atoms with E-state index in [0.29, 0.717) is 27.9 Å². The molecule has 0 radical (unpaired) electrons. The van der Waals surface area contributed by atoms with Gasteiger partial charge in [-0.3, -0.25) is 14.5 Å². The van der Waals surface area contributed by atoms with Crippen LogP contribution in [0.15, 0.2) is 63.3 Å². The Bertz CT molecular complexity index is 1080. The highest BCUT2D eigenvalue weighted by molar-refractivity contribution is 8.04. The number of rotatable bonds is 6. The van der Waals surface area contributed by atoms with Gasteiger partial charge in [-0.15, -0.1) is 0 Å². The number of carbonyl (C=O) groups excluding carboxylic acids is 3. The highest BCUT2D eigenvalue weighted by Gasteiger charge is 2.37. The summed E-state index contributed by atoms with van der Waals surface area (Å²) >= 11 is 7.18. The Morgan fingerprint density at radius 1 is 1.31 bits per heavy atom. The zero-order chi connectivity index (χ0) is 22.7. The molecule has 1 saturated heterocycles. The van der Waals surface area contributed by atoms with Gasteiger partial charge in [-0.05, 0) is 36.8 Å². The molecule has 2 amide bonds. The fraction of sp³-hybridized carbons (Fsp3) is 0.273. The van der Waals surface area contributed by atoms with E-state index in [1.165, 1.54) is 27.7 Å². The Labute approximate surface area is 193 Å². The lowest BCUT2D eigenvalue weighted by Gasteiger charge is -2.23. The summed E-state index contributed by atoms with van der Waals surface area (Å²) in [5.41, 5.74) is 1.55. The number of carbonyl (C=O) groups is 3. The van der Waals surface area contributed by atoms with Crippen LogP contribution in [0, 0.1) is 0 Å². The van der Waals surface area contributed by atoms with Crippen LogP contribution < -0.4 is 0 Å². The molecule has 0 saturated carbocycles. The molecule has 0 aliphatic carbocycles. The number of hydrogen-bond acceptors (Lipinski definition) is 7. The molecule has 2 aliphatic rings. The average Bonchev–Trinajstić information content (AvgIpc) is 3.51. The van der Waals surface area contributed by atoms with Crippen LogP contribution in [0.3, 0.4) is 0 Å². The molecular weight excluding hydrogens is 454 g/mol. The SMILES string of the molecule is CCOC(=O)/C=C1\SCC(=O)N1CC(=O)N1N=C(c2ccc(Cl)cc2)CC1c1ccco1. The normalized spacial score (nSPS) is 19.6. The third-order valence-corrected chi connectivity index (χ3v) is 6.22. The molecule has 3 heterocycles. The van der Waals surface area contributed by atoms with Crippen LogP contribution in [0.1, 0.15) is 30.7 Å². The molecule has 1 atom stereocenters. The first-order chi connectivity index (χ1) is 15.5. The highest BCUT2D eigenvalue weighted by Crippen LogP contribution is 2.35. The van der Waals surface area contributed by atoms with Crippen LogP contribution in [0.5, 0.6) is 0 Å². The molecule has 0 spiro atoms. The van der Waals surface area contributed by atoms with E-state index < -0.39 is 12.0 Å². The lowest BCUT2D eigenvalue weighted by Crippen LogP contribution is -2.38. The number of furan rings is 1. The zero-order valence-electron chi connectivity index (χ0n) is 17.2. The molecule has 4 rings (SSSR count). The maximum Gasteiger partial charge on any atom is 0.333 e. The van der Waals surface area contributed by atoms with Crippen molar-refractivity contribution >= 4 is 46.9 Å². The van der Waals surface area contributed by atoms with E-state index in [2.05, 4.69) is 5.10 Å².